The number of anilines is 1. The molecule has 8 nitrogen and oxygen atoms in total. The maximum absolute atomic E-state index is 14.1. The van der Waals surface area contributed by atoms with Gasteiger partial charge in [-0.15, -0.1) is 0 Å². The van der Waals surface area contributed by atoms with Crippen LogP contribution in [0.5, 0.6) is 5.75 Å². The van der Waals surface area contributed by atoms with Crippen molar-refractivity contribution in [2.75, 3.05) is 25.6 Å². The summed E-state index contributed by atoms with van der Waals surface area (Å²) < 4.78 is 8.20. The van der Waals surface area contributed by atoms with E-state index in [1.165, 1.54) is 12.8 Å². The van der Waals surface area contributed by atoms with Gasteiger partial charge in [0.05, 0.1) is 30.2 Å². The lowest BCUT2D eigenvalue weighted by Gasteiger charge is -2.32. The minimum atomic E-state index is -0.191. The molecule has 2 aliphatic rings. The van der Waals surface area contributed by atoms with Gasteiger partial charge in [-0.2, -0.15) is 0 Å². The highest BCUT2D eigenvalue weighted by molar-refractivity contribution is 5.97. The third-order valence-electron chi connectivity index (χ3n) is 9.60. The molecule has 1 aliphatic carbocycles. The summed E-state index contributed by atoms with van der Waals surface area (Å²) in [4.78, 5) is 35.1. The van der Waals surface area contributed by atoms with E-state index in [9.17, 15) is 9.59 Å². The Morgan fingerprint density at radius 1 is 1.23 bits per heavy atom. The Morgan fingerprint density at radius 3 is 2.63 bits per heavy atom. The van der Waals surface area contributed by atoms with Crippen LogP contribution in [-0.2, 0) is 11.3 Å². The standard InChI is InChI=1S/C35H47N5O3/c1-8-25-20-40(33(31(25)36)22(4)16-28(41)9-2)35(42)27-15-21(3)32(30(18-27)43-7)38(6)23(5)29-17-26-11-10-14-37-34(26)39(29)19-24-12-13-24/h10-11,14-15,17-18,22,24-25,31,33H,5,8-9,12-13,16,19-20,36H2,1-4,6-7H3/t22-,25?,31?,33?/m1/s1. The fourth-order valence-electron chi connectivity index (χ4n) is 6.91. The zero-order valence-electron chi connectivity index (χ0n) is 26.6. The number of amides is 1. The zero-order valence-corrected chi connectivity index (χ0v) is 26.6. The molecule has 2 N–H and O–H groups in total. The number of fused-ring (bicyclic) bond motifs is 1. The first-order chi connectivity index (χ1) is 20.6. The molecule has 3 unspecified atom stereocenters. The molecule has 5 rings (SSSR count). The molecule has 43 heavy (non-hydrogen) atoms. The maximum atomic E-state index is 14.1. The van der Waals surface area contributed by atoms with E-state index in [0.717, 1.165) is 46.6 Å². The van der Waals surface area contributed by atoms with Crippen LogP contribution in [0.15, 0.2) is 43.1 Å². The van der Waals surface area contributed by atoms with Crippen molar-refractivity contribution in [2.45, 2.75) is 78.4 Å². The summed E-state index contributed by atoms with van der Waals surface area (Å²) in [5, 5.41) is 1.09. The highest BCUT2D eigenvalue weighted by Crippen LogP contribution is 2.40. The number of carbonyl (C=O) groups excluding carboxylic acids is 2. The maximum Gasteiger partial charge on any atom is 0.254 e. The van der Waals surface area contributed by atoms with E-state index < -0.39 is 0 Å². The number of likely N-dealkylation sites (tertiary alicyclic amines) is 1. The first kappa shape index (κ1) is 30.8. The lowest BCUT2D eigenvalue weighted by atomic mass is 9.87. The Labute approximate surface area is 255 Å². The van der Waals surface area contributed by atoms with Gasteiger partial charge < -0.3 is 24.8 Å². The molecule has 1 amide bonds. The topological polar surface area (TPSA) is 93.7 Å². The smallest absolute Gasteiger partial charge is 0.254 e. The summed E-state index contributed by atoms with van der Waals surface area (Å²) in [6.45, 7) is 14.1. The lowest BCUT2D eigenvalue weighted by molar-refractivity contribution is -0.119. The van der Waals surface area contributed by atoms with Crippen molar-refractivity contribution in [3.05, 3.63) is 59.9 Å². The van der Waals surface area contributed by atoms with E-state index in [1.54, 1.807) is 7.11 Å². The molecule has 1 saturated carbocycles. The summed E-state index contributed by atoms with van der Waals surface area (Å²) >= 11 is 0. The van der Waals surface area contributed by atoms with E-state index >= 15 is 0 Å². The number of hydrogen-bond acceptors (Lipinski definition) is 6. The summed E-state index contributed by atoms with van der Waals surface area (Å²) in [5.41, 5.74) is 11.9. The average Bonchev–Trinajstić information content (AvgIpc) is 3.66. The van der Waals surface area contributed by atoms with E-state index in [0.29, 0.717) is 36.6 Å². The van der Waals surface area contributed by atoms with Crippen LogP contribution in [0, 0.1) is 24.7 Å². The van der Waals surface area contributed by atoms with Gasteiger partial charge in [0.25, 0.3) is 5.91 Å². The summed E-state index contributed by atoms with van der Waals surface area (Å²) in [6.07, 6.45) is 6.13. The number of nitrogens with zero attached hydrogens (tertiary/aromatic N) is 4. The van der Waals surface area contributed by atoms with E-state index in [1.807, 2.05) is 57.1 Å². The second-order valence-corrected chi connectivity index (χ2v) is 12.6. The molecular weight excluding hydrogens is 538 g/mol. The van der Waals surface area contributed by atoms with Crippen molar-refractivity contribution in [1.82, 2.24) is 14.5 Å². The third-order valence-corrected chi connectivity index (χ3v) is 9.60. The fraction of sp³-hybridized carbons (Fsp3) is 0.514. The molecule has 1 aliphatic heterocycles. The second kappa shape index (κ2) is 12.5. The number of rotatable bonds is 12. The molecule has 1 aromatic carbocycles. The number of benzene rings is 1. The van der Waals surface area contributed by atoms with Gasteiger partial charge in [-0.25, -0.2) is 4.98 Å². The number of aryl methyl sites for hydroxylation is 1. The molecule has 4 atom stereocenters. The van der Waals surface area contributed by atoms with Crippen molar-refractivity contribution in [1.29, 1.82) is 0 Å². The van der Waals surface area contributed by atoms with Crippen LogP contribution in [0.1, 0.15) is 74.5 Å². The number of Topliss-reactive ketones (excluding diaryl/α,β-unsaturated/α-hetero) is 1. The Bertz CT molecular complexity index is 1520. The molecule has 8 heteroatoms. The molecule has 0 bridgehead atoms. The first-order valence-electron chi connectivity index (χ1n) is 15.7. The van der Waals surface area contributed by atoms with Crippen LogP contribution < -0.4 is 15.4 Å². The Morgan fingerprint density at radius 2 is 1.98 bits per heavy atom. The van der Waals surface area contributed by atoms with Crippen LogP contribution in [0.3, 0.4) is 0 Å². The molecule has 0 radical (unpaired) electrons. The van der Waals surface area contributed by atoms with Crippen LogP contribution in [0.4, 0.5) is 5.69 Å². The summed E-state index contributed by atoms with van der Waals surface area (Å²) in [7, 11) is 3.63. The Kier molecular flexibility index (Phi) is 8.97. The number of hydrogen-bond donors (Lipinski definition) is 1. The molecular formula is C35H47N5O3. The molecule has 230 valence electrons. The number of ether oxygens (including phenoxy) is 1. The molecule has 1 saturated heterocycles. The van der Waals surface area contributed by atoms with Gasteiger partial charge in [0, 0.05) is 56.2 Å². The molecule has 2 fully saturated rings. The van der Waals surface area contributed by atoms with Gasteiger partial charge in [0.15, 0.2) is 0 Å². The van der Waals surface area contributed by atoms with Crippen molar-refractivity contribution in [2.24, 2.45) is 23.5 Å². The van der Waals surface area contributed by atoms with Gasteiger partial charge in [-0.3, -0.25) is 9.59 Å². The van der Waals surface area contributed by atoms with Crippen LogP contribution in [-0.4, -0.2) is 58.9 Å². The monoisotopic (exact) mass is 585 g/mol. The van der Waals surface area contributed by atoms with Gasteiger partial charge in [-0.05, 0) is 73.4 Å². The lowest BCUT2D eigenvalue weighted by Crippen LogP contribution is -2.47. The second-order valence-electron chi connectivity index (χ2n) is 12.6. The number of carbonyl (C=O) groups is 2. The van der Waals surface area contributed by atoms with E-state index in [2.05, 4.69) is 40.1 Å². The predicted octanol–water partition coefficient (Wildman–Crippen LogP) is 6.05. The number of methoxy groups -OCH3 is 1. The highest BCUT2D eigenvalue weighted by atomic mass is 16.5. The molecule has 3 heterocycles. The predicted molar refractivity (Wildman–Crippen MR) is 173 cm³/mol. The highest BCUT2D eigenvalue weighted by Gasteiger charge is 2.44. The normalized spacial score (nSPS) is 20.8. The van der Waals surface area contributed by atoms with Gasteiger partial charge in [0.1, 0.15) is 17.2 Å². The van der Waals surface area contributed by atoms with E-state index in [4.69, 9.17) is 10.5 Å². The largest absolute Gasteiger partial charge is 0.495 e. The Hall–Kier alpha value is -3.65. The minimum Gasteiger partial charge on any atom is -0.495 e. The van der Waals surface area contributed by atoms with Crippen molar-refractivity contribution < 1.29 is 14.3 Å². The number of pyridine rings is 1. The molecule has 2 aromatic heterocycles. The first-order valence-corrected chi connectivity index (χ1v) is 15.7. The van der Waals surface area contributed by atoms with Gasteiger partial charge >= 0.3 is 0 Å². The number of ketones is 1. The van der Waals surface area contributed by atoms with E-state index in [-0.39, 0.29) is 35.6 Å². The summed E-state index contributed by atoms with van der Waals surface area (Å²) in [5.74, 6) is 1.59. The van der Waals surface area contributed by atoms with Crippen LogP contribution in [0.2, 0.25) is 0 Å². The molecule has 3 aromatic rings. The summed E-state index contributed by atoms with van der Waals surface area (Å²) in [6, 6.07) is 9.63. The number of nitrogens with two attached hydrogens (primary N) is 1. The fourth-order valence-corrected chi connectivity index (χ4v) is 6.91. The third kappa shape index (κ3) is 5.94. The molecule has 0 spiro atoms. The van der Waals surface area contributed by atoms with Gasteiger partial charge in [0.2, 0.25) is 0 Å². The average molecular weight is 586 g/mol. The van der Waals surface area contributed by atoms with Gasteiger partial charge in [-0.1, -0.05) is 33.8 Å². The van der Waals surface area contributed by atoms with Crippen molar-refractivity contribution in [3.8, 4) is 5.75 Å². The van der Waals surface area contributed by atoms with Crippen LogP contribution >= 0.6 is 0 Å². The quantitative estimate of drug-likeness (QED) is 0.278. The van der Waals surface area contributed by atoms with Crippen LogP contribution in [0.25, 0.3) is 16.7 Å². The Balaban J connectivity index is 1.46. The SMILES string of the molecule is C=C(c1cc2cccnc2n1CC1CC1)N(C)c1c(C)cc(C(=O)N2CC(CC)C(N)C2[C@H](C)CC(=O)CC)cc1OC. The zero-order chi connectivity index (χ0) is 31.0. The minimum absolute atomic E-state index is 0.0171. The number of aromatic nitrogens is 2. The van der Waals surface area contributed by atoms with Crippen molar-refractivity contribution >= 4 is 34.1 Å². The van der Waals surface area contributed by atoms with Crippen molar-refractivity contribution in [3.63, 3.8) is 0 Å².